The number of anilines is 1. The van der Waals surface area contributed by atoms with Crippen LogP contribution in [0.4, 0.5) is 11.5 Å². The first-order chi connectivity index (χ1) is 6.50. The minimum absolute atomic E-state index is 0.000556. The van der Waals surface area contributed by atoms with Crippen molar-refractivity contribution in [2.75, 3.05) is 5.43 Å². The summed E-state index contributed by atoms with van der Waals surface area (Å²) in [5, 5.41) is 19.6. The van der Waals surface area contributed by atoms with E-state index >= 15 is 0 Å². The fourth-order valence-corrected chi connectivity index (χ4v) is 0.863. The van der Waals surface area contributed by atoms with Gasteiger partial charge in [-0.05, 0) is 6.92 Å². The van der Waals surface area contributed by atoms with Crippen LogP contribution in [-0.2, 0) is 0 Å². The molecule has 1 aromatic rings. The first-order valence-electron chi connectivity index (χ1n) is 3.53. The molecule has 8 heteroatoms. The molecule has 0 saturated heterocycles. The lowest BCUT2D eigenvalue weighted by Crippen LogP contribution is -2.10. The van der Waals surface area contributed by atoms with E-state index in [9.17, 15) is 20.2 Å². The summed E-state index contributed by atoms with van der Waals surface area (Å²) in [6.45, 7) is 1.49. The van der Waals surface area contributed by atoms with Gasteiger partial charge in [-0.2, -0.15) is 0 Å². The van der Waals surface area contributed by atoms with Crippen molar-refractivity contribution in [1.29, 1.82) is 0 Å². The van der Waals surface area contributed by atoms with Gasteiger partial charge in [-0.15, -0.1) is 0 Å². The number of hydrazine groups is 1. The topological polar surface area (TPSA) is 111 Å². The molecule has 0 aliphatic rings. The Labute approximate surface area is 77.8 Å². The second-order valence-electron chi connectivity index (χ2n) is 2.49. The van der Waals surface area contributed by atoms with Crippen LogP contribution in [0.2, 0.25) is 0 Å². The summed E-state index contributed by atoms with van der Waals surface area (Å²) >= 11 is 0. The van der Waals surface area contributed by atoms with Gasteiger partial charge in [0.15, 0.2) is 10.9 Å². The van der Waals surface area contributed by atoms with Crippen molar-refractivity contribution in [3.63, 3.8) is 0 Å². The molecule has 0 fully saturated rings. The molecule has 1 rings (SSSR count). The number of aromatic nitrogens is 1. The number of rotatable bonds is 3. The standard InChI is InChI=1S/C6H6N4O4/c1-4-2-5(9(11)12)3-7-6(4)8-10(13)14/h2-3H,1H3,(H,7,8). The molecule has 8 nitrogen and oxygen atoms in total. The van der Waals surface area contributed by atoms with E-state index in [1.165, 1.54) is 13.0 Å². The van der Waals surface area contributed by atoms with E-state index in [1.54, 1.807) is 0 Å². The second-order valence-corrected chi connectivity index (χ2v) is 2.49. The molecule has 0 spiro atoms. The van der Waals surface area contributed by atoms with Crippen molar-refractivity contribution in [3.8, 4) is 0 Å². The highest BCUT2D eigenvalue weighted by molar-refractivity contribution is 5.46. The molecule has 1 heterocycles. The summed E-state index contributed by atoms with van der Waals surface area (Å²) in [6.07, 6.45) is 0.957. The Morgan fingerprint density at radius 1 is 1.43 bits per heavy atom. The summed E-state index contributed by atoms with van der Waals surface area (Å²) in [4.78, 5) is 23.3. The summed E-state index contributed by atoms with van der Waals surface area (Å²) in [5.74, 6) is 0.000556. The van der Waals surface area contributed by atoms with Crippen LogP contribution in [0.3, 0.4) is 0 Å². The van der Waals surface area contributed by atoms with Crippen molar-refractivity contribution in [2.24, 2.45) is 0 Å². The molecule has 0 unspecified atom stereocenters. The predicted octanol–water partition coefficient (Wildman–Crippen LogP) is 0.902. The summed E-state index contributed by atoms with van der Waals surface area (Å²) in [6, 6.07) is 1.21. The highest BCUT2D eigenvalue weighted by atomic mass is 16.7. The van der Waals surface area contributed by atoms with Gasteiger partial charge < -0.3 is 0 Å². The van der Waals surface area contributed by atoms with Crippen LogP contribution < -0.4 is 5.43 Å². The molecular formula is C6H6N4O4. The van der Waals surface area contributed by atoms with Crippen LogP contribution in [0.1, 0.15) is 5.56 Å². The highest BCUT2D eigenvalue weighted by Crippen LogP contribution is 2.17. The molecule has 0 aliphatic heterocycles. The summed E-state index contributed by atoms with van der Waals surface area (Å²) in [7, 11) is 0. The van der Waals surface area contributed by atoms with E-state index in [-0.39, 0.29) is 11.5 Å². The maximum absolute atomic E-state index is 10.3. The Kier molecular flexibility index (Phi) is 2.56. The Morgan fingerprint density at radius 2 is 2.07 bits per heavy atom. The van der Waals surface area contributed by atoms with Gasteiger partial charge in [0.05, 0.1) is 4.92 Å². The second kappa shape index (κ2) is 3.64. The van der Waals surface area contributed by atoms with Gasteiger partial charge in [-0.3, -0.25) is 10.1 Å². The number of aryl methyl sites for hydroxylation is 1. The smallest absolute Gasteiger partial charge is 0.258 e. The predicted molar refractivity (Wildman–Crippen MR) is 46.2 cm³/mol. The average molecular weight is 198 g/mol. The van der Waals surface area contributed by atoms with Crippen LogP contribution in [-0.4, -0.2) is 14.9 Å². The fraction of sp³-hybridized carbons (Fsp3) is 0.167. The third kappa shape index (κ3) is 2.12. The largest absolute Gasteiger partial charge is 0.287 e. The Balaban J connectivity index is 3.01. The number of pyridine rings is 1. The first-order valence-corrected chi connectivity index (χ1v) is 3.53. The monoisotopic (exact) mass is 198 g/mol. The number of hydrogen-bond donors (Lipinski definition) is 1. The minimum Gasteiger partial charge on any atom is -0.258 e. The molecule has 74 valence electrons. The van der Waals surface area contributed by atoms with E-state index in [1.807, 2.05) is 5.43 Å². The van der Waals surface area contributed by atoms with E-state index < -0.39 is 9.96 Å². The Hall–Kier alpha value is -2.25. The van der Waals surface area contributed by atoms with Crippen molar-refractivity contribution >= 4 is 11.5 Å². The van der Waals surface area contributed by atoms with Crippen molar-refractivity contribution in [3.05, 3.63) is 38.1 Å². The molecule has 1 N–H and O–H groups in total. The van der Waals surface area contributed by atoms with E-state index in [4.69, 9.17) is 0 Å². The lowest BCUT2D eigenvalue weighted by molar-refractivity contribution is -0.445. The lowest BCUT2D eigenvalue weighted by Gasteiger charge is -1.99. The number of hydrogen-bond acceptors (Lipinski definition) is 5. The van der Waals surface area contributed by atoms with Gasteiger partial charge in [-0.25, -0.2) is 15.1 Å². The molecule has 0 aliphatic carbocycles. The quantitative estimate of drug-likeness (QED) is 0.570. The highest BCUT2D eigenvalue weighted by Gasteiger charge is 2.11. The first kappa shape index (κ1) is 9.84. The van der Waals surface area contributed by atoms with Crippen LogP contribution in [0.15, 0.2) is 12.3 Å². The molecular weight excluding hydrogens is 192 g/mol. The zero-order valence-electron chi connectivity index (χ0n) is 7.13. The minimum atomic E-state index is -0.777. The van der Waals surface area contributed by atoms with Crippen LogP contribution >= 0.6 is 0 Å². The van der Waals surface area contributed by atoms with E-state index in [0.717, 1.165) is 6.20 Å². The summed E-state index contributed by atoms with van der Waals surface area (Å²) < 4.78 is 0. The van der Waals surface area contributed by atoms with Gasteiger partial charge in [0.25, 0.3) is 5.69 Å². The zero-order chi connectivity index (χ0) is 10.7. The molecule has 1 aromatic heterocycles. The van der Waals surface area contributed by atoms with E-state index in [2.05, 4.69) is 4.98 Å². The molecule has 0 amide bonds. The molecule has 0 radical (unpaired) electrons. The Morgan fingerprint density at radius 3 is 2.50 bits per heavy atom. The third-order valence-electron chi connectivity index (χ3n) is 1.47. The van der Waals surface area contributed by atoms with Crippen molar-refractivity contribution in [1.82, 2.24) is 4.98 Å². The van der Waals surface area contributed by atoms with Gasteiger partial charge in [0.2, 0.25) is 0 Å². The van der Waals surface area contributed by atoms with Crippen molar-refractivity contribution < 1.29 is 9.96 Å². The van der Waals surface area contributed by atoms with Crippen LogP contribution in [0.25, 0.3) is 0 Å². The van der Waals surface area contributed by atoms with E-state index in [0.29, 0.717) is 5.56 Å². The normalized spacial score (nSPS) is 9.50. The Bertz CT molecular complexity index is 391. The lowest BCUT2D eigenvalue weighted by atomic mass is 10.3. The summed E-state index contributed by atoms with van der Waals surface area (Å²) in [5.41, 5.74) is 1.97. The third-order valence-corrected chi connectivity index (χ3v) is 1.47. The van der Waals surface area contributed by atoms with Crippen LogP contribution in [0, 0.1) is 27.2 Å². The van der Waals surface area contributed by atoms with Crippen molar-refractivity contribution in [2.45, 2.75) is 6.92 Å². The maximum Gasteiger partial charge on any atom is 0.287 e. The fourth-order valence-electron chi connectivity index (χ4n) is 0.863. The van der Waals surface area contributed by atoms with Gasteiger partial charge in [-0.1, -0.05) is 5.43 Å². The number of nitrogens with zero attached hydrogens (tertiary/aromatic N) is 3. The van der Waals surface area contributed by atoms with Crippen LogP contribution in [0.5, 0.6) is 0 Å². The maximum atomic E-state index is 10.3. The van der Waals surface area contributed by atoms with Gasteiger partial charge in [0, 0.05) is 11.6 Å². The molecule has 0 atom stereocenters. The van der Waals surface area contributed by atoms with Gasteiger partial charge >= 0.3 is 0 Å². The molecule has 0 saturated carbocycles. The average Bonchev–Trinajstić information content (AvgIpc) is 2.07. The molecule has 14 heavy (non-hydrogen) atoms. The SMILES string of the molecule is Cc1cc([N+](=O)[O-])cnc1N[N+](=O)[O-]. The van der Waals surface area contributed by atoms with Gasteiger partial charge in [0.1, 0.15) is 6.20 Å². The molecule has 0 aromatic carbocycles. The number of nitro groups is 2. The number of nitrogens with one attached hydrogen (secondary N) is 1. The zero-order valence-corrected chi connectivity index (χ0v) is 7.13. The molecule has 0 bridgehead atoms.